The Morgan fingerprint density at radius 3 is 2.54 bits per heavy atom. The number of halogens is 1. The average Bonchev–Trinajstić information content (AvgIpc) is 3.25. The van der Waals surface area contributed by atoms with Crippen LogP contribution in [0.1, 0.15) is 10.4 Å². The van der Waals surface area contributed by atoms with Gasteiger partial charge in [-0.25, -0.2) is 9.78 Å². The number of furan rings is 1. The first-order valence-electron chi connectivity index (χ1n) is 7.93. The fraction of sp³-hybridized carbons (Fsp3) is 0. The van der Waals surface area contributed by atoms with Crippen molar-refractivity contribution < 1.29 is 28.7 Å². The standard InChI is InChI=1S/C18H12ClN2O6P/c19-10-5-6-14-12(9-10)20-17(15-7-8-16(27-15)28(24,25)26)21(14)13-4-2-1-3-11(13)18(22)23/h1-9H,(H,22,23)(H2,24,25,26). The molecule has 0 amide bonds. The summed E-state index contributed by atoms with van der Waals surface area (Å²) in [5, 5.41) is 10.0. The molecule has 142 valence electrons. The summed E-state index contributed by atoms with van der Waals surface area (Å²) in [5.74, 6) is -0.871. The van der Waals surface area contributed by atoms with Crippen LogP contribution in [0.5, 0.6) is 0 Å². The molecular weight excluding hydrogens is 407 g/mol. The smallest absolute Gasteiger partial charge is 0.391 e. The van der Waals surface area contributed by atoms with Gasteiger partial charge >= 0.3 is 13.6 Å². The fourth-order valence-electron chi connectivity index (χ4n) is 2.92. The van der Waals surface area contributed by atoms with Gasteiger partial charge in [0.05, 0.1) is 22.3 Å². The minimum atomic E-state index is -4.59. The molecule has 2 aromatic heterocycles. The lowest BCUT2D eigenvalue weighted by molar-refractivity contribution is 0.0697. The van der Waals surface area contributed by atoms with Gasteiger partial charge in [-0.1, -0.05) is 23.7 Å². The zero-order valence-electron chi connectivity index (χ0n) is 14.0. The molecule has 10 heteroatoms. The van der Waals surface area contributed by atoms with Crippen LogP contribution in [-0.4, -0.2) is 30.4 Å². The zero-order valence-corrected chi connectivity index (χ0v) is 15.6. The largest absolute Gasteiger partial charge is 0.478 e. The second-order valence-electron chi connectivity index (χ2n) is 5.91. The molecule has 28 heavy (non-hydrogen) atoms. The van der Waals surface area contributed by atoms with Gasteiger partial charge in [-0.2, -0.15) is 0 Å². The summed E-state index contributed by atoms with van der Waals surface area (Å²) in [4.78, 5) is 34.8. The molecule has 0 saturated carbocycles. The Balaban J connectivity index is 2.05. The normalized spacial score (nSPS) is 11.8. The van der Waals surface area contributed by atoms with Crippen LogP contribution < -0.4 is 5.50 Å². The Kier molecular flexibility index (Phi) is 4.36. The second kappa shape index (κ2) is 6.61. The van der Waals surface area contributed by atoms with Crippen LogP contribution in [0.2, 0.25) is 5.02 Å². The quantitative estimate of drug-likeness (QED) is 0.433. The van der Waals surface area contributed by atoms with E-state index in [2.05, 4.69) is 4.98 Å². The molecule has 0 saturated heterocycles. The highest BCUT2D eigenvalue weighted by molar-refractivity contribution is 7.59. The number of benzene rings is 2. The highest BCUT2D eigenvalue weighted by atomic mass is 35.5. The highest BCUT2D eigenvalue weighted by Gasteiger charge is 2.26. The summed E-state index contributed by atoms with van der Waals surface area (Å²) in [6.45, 7) is 0. The molecule has 0 atom stereocenters. The second-order valence-corrected chi connectivity index (χ2v) is 7.87. The number of imidazole rings is 1. The van der Waals surface area contributed by atoms with Crippen molar-refractivity contribution in [1.29, 1.82) is 0 Å². The third-order valence-corrected chi connectivity index (χ3v) is 5.14. The van der Waals surface area contributed by atoms with Crippen molar-refractivity contribution in [3.05, 3.63) is 65.2 Å². The lowest BCUT2D eigenvalue weighted by Gasteiger charge is -2.11. The molecule has 0 aliphatic heterocycles. The van der Waals surface area contributed by atoms with E-state index in [0.29, 0.717) is 21.7 Å². The molecule has 0 fully saturated rings. The molecule has 2 heterocycles. The Morgan fingerprint density at radius 1 is 1.11 bits per heavy atom. The van der Waals surface area contributed by atoms with Gasteiger partial charge in [0.15, 0.2) is 11.6 Å². The summed E-state index contributed by atoms with van der Waals surface area (Å²) in [7, 11) is -4.59. The first-order chi connectivity index (χ1) is 13.3. The predicted octanol–water partition coefficient (Wildman–Crippen LogP) is 3.44. The van der Waals surface area contributed by atoms with Crippen molar-refractivity contribution in [3.63, 3.8) is 0 Å². The number of nitrogens with zero attached hydrogens (tertiary/aromatic N) is 2. The minimum absolute atomic E-state index is 0.0276. The number of carbonyl (C=O) groups is 1. The van der Waals surface area contributed by atoms with Gasteiger partial charge in [0.25, 0.3) is 0 Å². The fourth-order valence-corrected chi connectivity index (χ4v) is 3.57. The molecule has 0 unspecified atom stereocenters. The van der Waals surface area contributed by atoms with Crippen molar-refractivity contribution in [2.75, 3.05) is 0 Å². The van der Waals surface area contributed by atoms with Gasteiger partial charge < -0.3 is 19.3 Å². The Bertz CT molecular complexity index is 1270. The molecule has 2 aromatic carbocycles. The predicted molar refractivity (Wildman–Crippen MR) is 102 cm³/mol. The van der Waals surface area contributed by atoms with Crippen LogP contribution in [0, 0.1) is 0 Å². The van der Waals surface area contributed by atoms with E-state index in [-0.39, 0.29) is 17.1 Å². The minimum Gasteiger partial charge on any atom is -0.478 e. The van der Waals surface area contributed by atoms with Crippen LogP contribution in [0.3, 0.4) is 0 Å². The SMILES string of the molecule is O=C(O)c1ccccc1-n1c(-c2ccc(P(=O)(O)O)o2)nc2cc(Cl)ccc21. The number of carboxylic acid groups (broad SMARTS) is 1. The van der Waals surface area contributed by atoms with Crippen molar-refractivity contribution in [2.45, 2.75) is 0 Å². The van der Waals surface area contributed by atoms with Crippen LogP contribution in [0.4, 0.5) is 0 Å². The van der Waals surface area contributed by atoms with E-state index in [1.165, 1.54) is 12.1 Å². The Hall–Kier alpha value is -2.90. The molecule has 0 spiro atoms. The third kappa shape index (κ3) is 3.12. The monoisotopic (exact) mass is 418 g/mol. The van der Waals surface area contributed by atoms with Gasteiger partial charge in [-0.3, -0.25) is 9.13 Å². The Labute approximate surface area is 162 Å². The van der Waals surface area contributed by atoms with Gasteiger partial charge in [-0.05, 0) is 42.5 Å². The molecule has 4 rings (SSSR count). The molecule has 8 nitrogen and oxygen atoms in total. The summed E-state index contributed by atoms with van der Waals surface area (Å²) in [6.07, 6.45) is 0. The zero-order chi connectivity index (χ0) is 20.1. The molecule has 0 aliphatic carbocycles. The molecular formula is C18H12ClN2O6P. The number of hydrogen-bond acceptors (Lipinski definition) is 4. The maximum Gasteiger partial charge on any atom is 0.391 e. The first kappa shape index (κ1) is 18.5. The molecule has 0 aliphatic rings. The Morgan fingerprint density at radius 2 is 1.86 bits per heavy atom. The van der Waals surface area contributed by atoms with Crippen molar-refractivity contribution >= 4 is 41.7 Å². The number of hydrogen-bond donors (Lipinski definition) is 3. The van der Waals surface area contributed by atoms with Crippen LogP contribution >= 0.6 is 19.2 Å². The number of aromatic nitrogens is 2. The summed E-state index contributed by atoms with van der Waals surface area (Å²) >= 11 is 6.05. The van der Waals surface area contributed by atoms with E-state index in [1.54, 1.807) is 41.0 Å². The van der Waals surface area contributed by atoms with Gasteiger partial charge in [0.2, 0.25) is 5.50 Å². The van der Waals surface area contributed by atoms with E-state index in [4.69, 9.17) is 16.0 Å². The number of aromatic carboxylic acids is 1. The van der Waals surface area contributed by atoms with Gasteiger partial charge in [-0.15, -0.1) is 0 Å². The summed E-state index contributed by atoms with van der Waals surface area (Å²) in [6, 6.07) is 13.8. The van der Waals surface area contributed by atoms with Crippen LogP contribution in [-0.2, 0) is 4.57 Å². The molecule has 4 aromatic rings. The number of rotatable bonds is 4. The number of fused-ring (bicyclic) bond motifs is 1. The van der Waals surface area contributed by atoms with Crippen molar-refractivity contribution in [3.8, 4) is 17.3 Å². The third-order valence-electron chi connectivity index (χ3n) is 4.09. The van der Waals surface area contributed by atoms with Crippen LogP contribution in [0.15, 0.2) is 59.0 Å². The van der Waals surface area contributed by atoms with Crippen molar-refractivity contribution in [1.82, 2.24) is 9.55 Å². The van der Waals surface area contributed by atoms with Gasteiger partial charge in [0, 0.05) is 5.02 Å². The van der Waals surface area contributed by atoms with Gasteiger partial charge in [0.1, 0.15) is 0 Å². The lowest BCUT2D eigenvalue weighted by Crippen LogP contribution is -2.06. The first-order valence-corrected chi connectivity index (χ1v) is 9.92. The summed E-state index contributed by atoms with van der Waals surface area (Å²) < 4.78 is 18.4. The molecule has 3 N–H and O–H groups in total. The van der Waals surface area contributed by atoms with E-state index < -0.39 is 19.1 Å². The van der Waals surface area contributed by atoms with Crippen molar-refractivity contribution in [2.24, 2.45) is 0 Å². The average molecular weight is 419 g/mol. The topological polar surface area (TPSA) is 126 Å². The van der Waals surface area contributed by atoms with E-state index in [0.717, 1.165) is 6.07 Å². The summed E-state index contributed by atoms with van der Waals surface area (Å²) in [5.41, 5.74) is 0.869. The number of carboxylic acids is 1. The van der Waals surface area contributed by atoms with E-state index in [9.17, 15) is 24.3 Å². The lowest BCUT2D eigenvalue weighted by atomic mass is 10.1. The molecule has 0 radical (unpaired) electrons. The molecule has 0 bridgehead atoms. The highest BCUT2D eigenvalue weighted by Crippen LogP contribution is 2.37. The van der Waals surface area contributed by atoms with E-state index in [1.807, 2.05) is 0 Å². The van der Waals surface area contributed by atoms with E-state index >= 15 is 0 Å². The maximum absolute atomic E-state index is 11.7. The maximum atomic E-state index is 11.7. The number of para-hydroxylation sites is 1. The van der Waals surface area contributed by atoms with Crippen LogP contribution in [0.25, 0.3) is 28.3 Å².